The maximum Gasteiger partial charge on any atom is 0.176 e. The number of rotatable bonds is 2. The quantitative estimate of drug-likeness (QED) is 0.725. The topological polar surface area (TPSA) is 91.4 Å². The maximum atomic E-state index is 8.88. The maximum absolute atomic E-state index is 8.88. The van der Waals surface area contributed by atoms with E-state index in [2.05, 4.69) is 4.98 Å². The van der Waals surface area contributed by atoms with Crippen LogP contribution >= 0.6 is 0 Å². The van der Waals surface area contributed by atoms with Gasteiger partial charge in [-0.25, -0.2) is 4.98 Å². The first-order valence-corrected chi connectivity index (χ1v) is 4.15. The van der Waals surface area contributed by atoms with Crippen molar-refractivity contribution in [1.29, 1.82) is 10.5 Å². The summed E-state index contributed by atoms with van der Waals surface area (Å²) in [6.07, 6.45) is 1.48. The molecule has 72 valence electrons. The van der Waals surface area contributed by atoms with Gasteiger partial charge in [0.05, 0.1) is 11.9 Å². The van der Waals surface area contributed by atoms with Crippen LogP contribution in [0.2, 0.25) is 0 Å². The van der Waals surface area contributed by atoms with E-state index in [1.165, 1.54) is 6.33 Å². The number of hydrogen-bond acceptors (Lipinski definition) is 4. The van der Waals surface area contributed by atoms with E-state index < -0.39 is 5.54 Å². The Morgan fingerprint density at radius 2 is 2.14 bits per heavy atom. The average molecular weight is 189 g/mol. The van der Waals surface area contributed by atoms with Gasteiger partial charge in [0.25, 0.3) is 0 Å². The molecule has 0 aliphatic rings. The van der Waals surface area contributed by atoms with E-state index in [0.717, 1.165) is 0 Å². The Balaban J connectivity index is 3.33. The summed E-state index contributed by atoms with van der Waals surface area (Å²) in [6.45, 7) is 4.15. The van der Waals surface area contributed by atoms with Crippen LogP contribution in [0.5, 0.6) is 0 Å². The first-order chi connectivity index (χ1) is 6.56. The zero-order valence-corrected chi connectivity index (χ0v) is 8.15. The van der Waals surface area contributed by atoms with E-state index in [4.69, 9.17) is 16.3 Å². The first kappa shape index (κ1) is 10.2. The second-order valence-electron chi connectivity index (χ2n) is 3.55. The molecule has 1 rings (SSSR count). The van der Waals surface area contributed by atoms with E-state index in [-0.39, 0.29) is 11.4 Å². The Labute approximate surface area is 82.4 Å². The molecule has 0 fully saturated rings. The molecule has 0 radical (unpaired) electrons. The molecule has 1 heterocycles. The van der Waals surface area contributed by atoms with Crippen LogP contribution in [-0.2, 0) is 5.54 Å². The van der Waals surface area contributed by atoms with Gasteiger partial charge in [0.1, 0.15) is 12.1 Å². The summed E-state index contributed by atoms with van der Waals surface area (Å²) in [4.78, 5) is 3.84. The molecule has 5 heteroatoms. The van der Waals surface area contributed by atoms with E-state index >= 15 is 0 Å². The highest BCUT2D eigenvalue weighted by molar-refractivity contribution is 5.36. The second kappa shape index (κ2) is 3.49. The van der Waals surface area contributed by atoms with Gasteiger partial charge < -0.3 is 10.3 Å². The molecule has 1 aromatic rings. The highest BCUT2D eigenvalue weighted by Gasteiger charge is 2.23. The number of imidazole rings is 1. The van der Waals surface area contributed by atoms with Crippen molar-refractivity contribution in [1.82, 2.24) is 9.55 Å². The van der Waals surface area contributed by atoms with Crippen molar-refractivity contribution in [3.05, 3.63) is 17.7 Å². The van der Waals surface area contributed by atoms with E-state index in [1.807, 2.05) is 26.0 Å². The van der Waals surface area contributed by atoms with E-state index in [1.54, 1.807) is 4.57 Å². The fourth-order valence-corrected chi connectivity index (χ4v) is 1.09. The van der Waals surface area contributed by atoms with Crippen molar-refractivity contribution in [2.24, 2.45) is 5.73 Å². The summed E-state index contributed by atoms with van der Waals surface area (Å²) < 4.78 is 1.63. The molecule has 0 saturated carbocycles. The van der Waals surface area contributed by atoms with Crippen molar-refractivity contribution in [2.75, 3.05) is 6.54 Å². The van der Waals surface area contributed by atoms with Crippen molar-refractivity contribution < 1.29 is 0 Å². The molecule has 1 aromatic heterocycles. The fourth-order valence-electron chi connectivity index (χ4n) is 1.09. The minimum Gasteiger partial charge on any atom is -0.328 e. The van der Waals surface area contributed by atoms with Gasteiger partial charge in [0, 0.05) is 6.54 Å². The Morgan fingerprint density at radius 1 is 1.50 bits per heavy atom. The lowest BCUT2D eigenvalue weighted by atomic mass is 10.1. The molecule has 0 spiro atoms. The van der Waals surface area contributed by atoms with Crippen LogP contribution in [-0.4, -0.2) is 16.1 Å². The summed E-state index contributed by atoms with van der Waals surface area (Å²) in [6, 6.07) is 3.83. The molecular weight excluding hydrogens is 178 g/mol. The van der Waals surface area contributed by atoms with Gasteiger partial charge in [-0.15, -0.1) is 0 Å². The monoisotopic (exact) mass is 189 g/mol. The van der Waals surface area contributed by atoms with Crippen molar-refractivity contribution in [2.45, 2.75) is 19.4 Å². The number of aromatic nitrogens is 2. The molecule has 14 heavy (non-hydrogen) atoms. The van der Waals surface area contributed by atoms with Crippen LogP contribution in [0.15, 0.2) is 6.33 Å². The normalized spacial score (nSPS) is 10.6. The summed E-state index contributed by atoms with van der Waals surface area (Å²) in [5.41, 5.74) is 5.59. The lowest BCUT2D eigenvalue weighted by Gasteiger charge is -2.24. The summed E-state index contributed by atoms with van der Waals surface area (Å²) in [5, 5.41) is 17.6. The van der Waals surface area contributed by atoms with Crippen LogP contribution in [0, 0.1) is 22.7 Å². The van der Waals surface area contributed by atoms with Crippen molar-refractivity contribution >= 4 is 0 Å². The van der Waals surface area contributed by atoms with Crippen molar-refractivity contribution in [3.63, 3.8) is 0 Å². The third-order valence-electron chi connectivity index (χ3n) is 2.13. The molecular formula is C9H11N5. The van der Waals surface area contributed by atoms with Gasteiger partial charge in [-0.05, 0) is 13.8 Å². The Morgan fingerprint density at radius 3 is 2.57 bits per heavy atom. The molecule has 0 bridgehead atoms. The number of nitrogens with zero attached hydrogens (tertiary/aromatic N) is 4. The second-order valence-corrected chi connectivity index (χ2v) is 3.55. The van der Waals surface area contributed by atoms with Crippen LogP contribution < -0.4 is 5.73 Å². The Hall–Kier alpha value is -1.85. The molecule has 0 aliphatic heterocycles. The lowest BCUT2D eigenvalue weighted by molar-refractivity contribution is 0.363. The van der Waals surface area contributed by atoms with Gasteiger partial charge in [-0.3, -0.25) is 0 Å². The molecule has 0 unspecified atom stereocenters. The standard InChI is InChI=1S/C9H11N5/c1-9(2,5-12)14-6-13-7(3-10)8(14)4-11/h6H,5,12H2,1-2H3. The minimum absolute atomic E-state index is 0.147. The molecule has 0 atom stereocenters. The van der Waals surface area contributed by atoms with E-state index in [9.17, 15) is 0 Å². The lowest BCUT2D eigenvalue weighted by Crippen LogP contribution is -2.35. The predicted molar refractivity (Wildman–Crippen MR) is 50.0 cm³/mol. The third kappa shape index (κ3) is 1.46. The summed E-state index contributed by atoms with van der Waals surface area (Å²) in [5.74, 6) is 0. The highest BCUT2D eigenvalue weighted by atomic mass is 15.1. The highest BCUT2D eigenvalue weighted by Crippen LogP contribution is 2.17. The molecule has 0 saturated heterocycles. The van der Waals surface area contributed by atoms with Crippen LogP contribution in [0.4, 0.5) is 0 Å². The van der Waals surface area contributed by atoms with Crippen molar-refractivity contribution in [3.8, 4) is 12.1 Å². The smallest absolute Gasteiger partial charge is 0.176 e. The van der Waals surface area contributed by atoms with Crippen LogP contribution in [0.3, 0.4) is 0 Å². The molecule has 0 amide bonds. The molecule has 0 aromatic carbocycles. The first-order valence-electron chi connectivity index (χ1n) is 4.15. The van der Waals surface area contributed by atoms with Gasteiger partial charge in [-0.1, -0.05) is 0 Å². The average Bonchev–Trinajstić information content (AvgIpc) is 2.60. The Kier molecular flexibility index (Phi) is 2.55. The molecule has 5 nitrogen and oxygen atoms in total. The third-order valence-corrected chi connectivity index (χ3v) is 2.13. The molecule has 2 N–H and O–H groups in total. The summed E-state index contributed by atoms with van der Waals surface area (Å²) >= 11 is 0. The van der Waals surface area contributed by atoms with Gasteiger partial charge in [-0.2, -0.15) is 10.5 Å². The van der Waals surface area contributed by atoms with Gasteiger partial charge in [0.2, 0.25) is 0 Å². The van der Waals surface area contributed by atoms with E-state index in [0.29, 0.717) is 6.54 Å². The zero-order chi connectivity index (χ0) is 10.8. The number of nitriles is 2. The Bertz CT molecular complexity index is 415. The number of hydrogen-bond donors (Lipinski definition) is 1. The summed E-state index contributed by atoms with van der Waals surface area (Å²) in [7, 11) is 0. The SMILES string of the molecule is CC(C)(CN)n1cnc(C#N)c1C#N. The van der Waals surface area contributed by atoms with Crippen LogP contribution in [0.1, 0.15) is 25.2 Å². The zero-order valence-electron chi connectivity index (χ0n) is 8.15. The number of nitrogens with two attached hydrogens (primary N) is 1. The predicted octanol–water partition coefficient (Wildman–Crippen LogP) is 0.320. The van der Waals surface area contributed by atoms with Crippen LogP contribution in [0.25, 0.3) is 0 Å². The van der Waals surface area contributed by atoms with Gasteiger partial charge in [0.15, 0.2) is 11.4 Å². The largest absolute Gasteiger partial charge is 0.328 e. The van der Waals surface area contributed by atoms with Gasteiger partial charge >= 0.3 is 0 Å². The minimum atomic E-state index is -0.396. The molecule has 0 aliphatic carbocycles. The fraction of sp³-hybridized carbons (Fsp3) is 0.444.